The van der Waals surface area contributed by atoms with Gasteiger partial charge in [0.25, 0.3) is 5.95 Å². The smallest absolute Gasteiger partial charge is 0.414 e. The Morgan fingerprint density at radius 2 is 2.36 bits per heavy atom. The number of rotatable bonds is 3. The van der Waals surface area contributed by atoms with Crippen LogP contribution in [-0.2, 0) is 18.2 Å². The van der Waals surface area contributed by atoms with Gasteiger partial charge in [0.1, 0.15) is 5.82 Å². The van der Waals surface area contributed by atoms with E-state index >= 15 is 0 Å². The normalized spacial score (nSPS) is 20.5. The third-order valence-electron chi connectivity index (χ3n) is 3.99. The summed E-state index contributed by atoms with van der Waals surface area (Å²) in [6.45, 7) is 4.19. The number of hydrogen-bond acceptors (Lipinski definition) is 5. The topological polar surface area (TPSA) is 86.9 Å². The Morgan fingerprint density at radius 3 is 3.05 bits per heavy atom. The predicted molar refractivity (Wildman–Crippen MR) is 79.6 cm³/mol. The molecule has 118 valence electrons. The van der Waals surface area contributed by atoms with E-state index in [-0.39, 0.29) is 6.04 Å². The summed E-state index contributed by atoms with van der Waals surface area (Å²) in [4.78, 5) is 15.8. The Hall–Kier alpha value is -2.38. The molecule has 1 amide bonds. The summed E-state index contributed by atoms with van der Waals surface area (Å²) >= 11 is 0. The van der Waals surface area contributed by atoms with Crippen LogP contribution in [0.1, 0.15) is 43.6 Å². The SMILES string of the molecule is CCOC(=O)Nc1nc2n(n1)C(C)C(c1cnn(C)c1)CC2. The summed E-state index contributed by atoms with van der Waals surface area (Å²) < 4.78 is 8.55. The van der Waals surface area contributed by atoms with Gasteiger partial charge < -0.3 is 4.74 Å². The second kappa shape index (κ2) is 5.78. The number of nitrogens with one attached hydrogen (secondary N) is 1. The van der Waals surface area contributed by atoms with Crippen molar-refractivity contribution >= 4 is 12.0 Å². The quantitative estimate of drug-likeness (QED) is 0.935. The number of hydrogen-bond donors (Lipinski definition) is 1. The fraction of sp³-hybridized carbons (Fsp3) is 0.571. The minimum Gasteiger partial charge on any atom is -0.450 e. The number of nitrogens with zero attached hydrogens (tertiary/aromatic N) is 5. The molecule has 0 aromatic carbocycles. The monoisotopic (exact) mass is 304 g/mol. The molecule has 8 nitrogen and oxygen atoms in total. The average Bonchev–Trinajstić information content (AvgIpc) is 3.06. The minimum absolute atomic E-state index is 0.165. The Kier molecular flexibility index (Phi) is 3.82. The van der Waals surface area contributed by atoms with Crippen molar-refractivity contribution in [3.05, 3.63) is 23.8 Å². The molecule has 0 aliphatic carbocycles. The van der Waals surface area contributed by atoms with Gasteiger partial charge in [0.05, 0.1) is 18.8 Å². The van der Waals surface area contributed by atoms with Crippen LogP contribution in [0.4, 0.5) is 10.7 Å². The zero-order valence-corrected chi connectivity index (χ0v) is 13.0. The van der Waals surface area contributed by atoms with Crippen LogP contribution in [0, 0.1) is 0 Å². The van der Waals surface area contributed by atoms with Crippen LogP contribution in [-0.4, -0.2) is 37.2 Å². The Balaban J connectivity index is 1.79. The highest BCUT2D eigenvalue weighted by molar-refractivity contribution is 5.82. The molecular formula is C14H20N6O2. The van der Waals surface area contributed by atoms with Gasteiger partial charge >= 0.3 is 6.09 Å². The fourth-order valence-electron chi connectivity index (χ4n) is 2.94. The van der Waals surface area contributed by atoms with E-state index in [0.29, 0.717) is 18.5 Å². The molecule has 1 aliphatic heterocycles. The van der Waals surface area contributed by atoms with Gasteiger partial charge in [-0.3, -0.25) is 10.00 Å². The zero-order valence-electron chi connectivity index (χ0n) is 13.0. The van der Waals surface area contributed by atoms with Crippen molar-refractivity contribution in [2.75, 3.05) is 11.9 Å². The average molecular weight is 304 g/mol. The lowest BCUT2D eigenvalue weighted by Gasteiger charge is -2.28. The van der Waals surface area contributed by atoms with E-state index < -0.39 is 6.09 Å². The highest BCUT2D eigenvalue weighted by atomic mass is 16.5. The van der Waals surface area contributed by atoms with Gasteiger partial charge in [-0.2, -0.15) is 10.1 Å². The maximum Gasteiger partial charge on any atom is 0.414 e. The standard InChI is InChI=1S/C14H20N6O2/c1-4-22-14(21)17-13-16-12-6-5-11(9(2)20(12)18-13)10-7-15-19(3)8-10/h7-9,11H,4-6H2,1-3H3,(H,17,18,21). The van der Waals surface area contributed by atoms with Gasteiger partial charge in [0.2, 0.25) is 0 Å². The van der Waals surface area contributed by atoms with Crippen molar-refractivity contribution < 1.29 is 9.53 Å². The maximum absolute atomic E-state index is 11.5. The van der Waals surface area contributed by atoms with E-state index in [1.54, 1.807) is 6.92 Å². The molecule has 2 atom stereocenters. The van der Waals surface area contributed by atoms with Crippen molar-refractivity contribution in [1.29, 1.82) is 0 Å². The van der Waals surface area contributed by atoms with Gasteiger partial charge in [-0.25, -0.2) is 9.48 Å². The highest BCUT2D eigenvalue weighted by Gasteiger charge is 2.30. The first-order valence-electron chi connectivity index (χ1n) is 7.46. The lowest BCUT2D eigenvalue weighted by molar-refractivity contribution is 0.167. The number of fused-ring (bicyclic) bond motifs is 1. The first kappa shape index (κ1) is 14.6. The summed E-state index contributed by atoms with van der Waals surface area (Å²) in [5.74, 6) is 1.53. The zero-order chi connectivity index (χ0) is 15.7. The lowest BCUT2D eigenvalue weighted by Crippen LogP contribution is -2.24. The number of carbonyl (C=O) groups excluding carboxylic acids is 1. The number of amides is 1. The molecule has 0 saturated carbocycles. The van der Waals surface area contributed by atoms with Crippen LogP contribution in [0.3, 0.4) is 0 Å². The third-order valence-corrected chi connectivity index (χ3v) is 3.99. The Morgan fingerprint density at radius 1 is 1.55 bits per heavy atom. The summed E-state index contributed by atoms with van der Waals surface area (Å²) in [5, 5.41) is 11.2. The fourth-order valence-corrected chi connectivity index (χ4v) is 2.94. The van der Waals surface area contributed by atoms with Gasteiger partial charge in [0.15, 0.2) is 0 Å². The van der Waals surface area contributed by atoms with Crippen LogP contribution in [0.2, 0.25) is 0 Å². The summed E-state index contributed by atoms with van der Waals surface area (Å²) in [7, 11) is 1.92. The van der Waals surface area contributed by atoms with Crippen molar-refractivity contribution in [3.63, 3.8) is 0 Å². The van der Waals surface area contributed by atoms with Crippen LogP contribution in [0.5, 0.6) is 0 Å². The first-order valence-corrected chi connectivity index (χ1v) is 7.46. The van der Waals surface area contributed by atoms with E-state index in [2.05, 4.69) is 27.4 Å². The highest BCUT2D eigenvalue weighted by Crippen LogP contribution is 2.36. The minimum atomic E-state index is -0.526. The van der Waals surface area contributed by atoms with Crippen molar-refractivity contribution in [3.8, 4) is 0 Å². The molecule has 0 spiro atoms. The molecule has 8 heteroatoms. The van der Waals surface area contributed by atoms with E-state index in [1.807, 2.05) is 28.8 Å². The van der Waals surface area contributed by atoms with Crippen LogP contribution in [0.25, 0.3) is 0 Å². The van der Waals surface area contributed by atoms with E-state index in [9.17, 15) is 4.79 Å². The number of aromatic nitrogens is 5. The number of ether oxygens (including phenoxy) is 1. The van der Waals surface area contributed by atoms with Gasteiger partial charge in [-0.1, -0.05) is 0 Å². The molecule has 22 heavy (non-hydrogen) atoms. The van der Waals surface area contributed by atoms with Crippen molar-refractivity contribution in [1.82, 2.24) is 24.5 Å². The van der Waals surface area contributed by atoms with Crippen molar-refractivity contribution in [2.45, 2.75) is 38.6 Å². The van der Waals surface area contributed by atoms with Crippen LogP contribution in [0.15, 0.2) is 12.4 Å². The van der Waals surface area contributed by atoms with E-state index in [0.717, 1.165) is 18.7 Å². The van der Waals surface area contributed by atoms with Gasteiger partial charge in [-0.05, 0) is 25.8 Å². The molecule has 3 heterocycles. The van der Waals surface area contributed by atoms with Crippen molar-refractivity contribution in [2.24, 2.45) is 7.05 Å². The second-order valence-electron chi connectivity index (χ2n) is 5.47. The molecule has 0 bridgehead atoms. The van der Waals surface area contributed by atoms with Gasteiger partial charge in [-0.15, -0.1) is 5.10 Å². The maximum atomic E-state index is 11.5. The molecule has 0 saturated heterocycles. The van der Waals surface area contributed by atoms with E-state index in [1.165, 1.54) is 5.56 Å². The summed E-state index contributed by atoms with van der Waals surface area (Å²) in [6, 6.07) is 0.165. The Bertz CT molecular complexity index is 677. The molecule has 2 aromatic heterocycles. The summed E-state index contributed by atoms with van der Waals surface area (Å²) in [6.07, 6.45) is 5.23. The molecule has 2 unspecified atom stereocenters. The molecule has 1 aliphatic rings. The van der Waals surface area contributed by atoms with Crippen LogP contribution < -0.4 is 5.32 Å². The van der Waals surface area contributed by atoms with Gasteiger partial charge in [0, 0.05) is 25.6 Å². The second-order valence-corrected chi connectivity index (χ2v) is 5.47. The lowest BCUT2D eigenvalue weighted by atomic mass is 9.87. The third kappa shape index (κ3) is 2.68. The number of anilines is 1. The van der Waals surface area contributed by atoms with E-state index in [4.69, 9.17) is 4.74 Å². The molecule has 2 aromatic rings. The van der Waals surface area contributed by atoms with Crippen LogP contribution >= 0.6 is 0 Å². The molecule has 1 N–H and O–H groups in total. The largest absolute Gasteiger partial charge is 0.450 e. The predicted octanol–water partition coefficient (Wildman–Crippen LogP) is 1.87. The number of carbonyl (C=O) groups is 1. The summed E-state index contributed by atoms with van der Waals surface area (Å²) in [5.41, 5.74) is 1.20. The molecule has 0 fully saturated rings. The first-order chi connectivity index (χ1) is 10.6. The molecular weight excluding hydrogens is 284 g/mol. The molecule has 3 rings (SSSR count). The number of aryl methyl sites for hydroxylation is 2. The molecule has 0 radical (unpaired) electrons. The Labute approximate surface area is 128 Å².